The molecule has 1 atom stereocenters. The Morgan fingerprint density at radius 2 is 1.50 bits per heavy atom. The lowest BCUT2D eigenvalue weighted by molar-refractivity contribution is -0.137. The standard InChI is InChI=1S/C20H22N2O5.CH4/c1-2-13-3-5-14(6-4-13)15-7-9-16(10-8-15)19(25)21-17(20(26)22-27)11-12-18(23)24;/h3-10,17,27H,2,11-12H2,1H3,(H,21,25)(H,22,26)(H,23,24);1H4/t17-;/m1./s1. The van der Waals surface area contributed by atoms with Crippen LogP contribution in [0.1, 0.15) is 43.1 Å². The number of carboxylic acid groups (broad SMARTS) is 1. The number of hydrogen-bond acceptors (Lipinski definition) is 4. The molecule has 2 aromatic rings. The van der Waals surface area contributed by atoms with E-state index in [1.54, 1.807) is 24.3 Å². The van der Waals surface area contributed by atoms with Crippen molar-refractivity contribution in [2.45, 2.75) is 39.7 Å². The molecule has 4 N–H and O–H groups in total. The first-order chi connectivity index (χ1) is 12.9. The van der Waals surface area contributed by atoms with Crippen LogP contribution in [-0.2, 0) is 16.0 Å². The van der Waals surface area contributed by atoms with E-state index in [1.807, 2.05) is 12.1 Å². The molecule has 0 saturated heterocycles. The summed E-state index contributed by atoms with van der Waals surface area (Å²) in [5.41, 5.74) is 4.98. The lowest BCUT2D eigenvalue weighted by Gasteiger charge is -2.16. The van der Waals surface area contributed by atoms with E-state index in [1.165, 1.54) is 11.0 Å². The number of benzene rings is 2. The molecule has 0 bridgehead atoms. The fourth-order valence-corrected chi connectivity index (χ4v) is 2.60. The fourth-order valence-electron chi connectivity index (χ4n) is 2.60. The van der Waals surface area contributed by atoms with Gasteiger partial charge in [0.2, 0.25) is 0 Å². The number of aryl methyl sites for hydroxylation is 1. The highest BCUT2D eigenvalue weighted by molar-refractivity contribution is 5.97. The van der Waals surface area contributed by atoms with Gasteiger partial charge in [0.25, 0.3) is 11.8 Å². The highest BCUT2D eigenvalue weighted by atomic mass is 16.5. The van der Waals surface area contributed by atoms with E-state index in [9.17, 15) is 14.4 Å². The van der Waals surface area contributed by atoms with Crippen LogP contribution in [0.15, 0.2) is 48.5 Å². The first-order valence-corrected chi connectivity index (χ1v) is 8.60. The summed E-state index contributed by atoms with van der Waals surface area (Å²) in [5.74, 6) is -2.49. The second-order valence-corrected chi connectivity index (χ2v) is 6.06. The third-order valence-corrected chi connectivity index (χ3v) is 4.22. The van der Waals surface area contributed by atoms with Crippen molar-refractivity contribution in [2.24, 2.45) is 0 Å². The van der Waals surface area contributed by atoms with Gasteiger partial charge < -0.3 is 10.4 Å². The third-order valence-electron chi connectivity index (χ3n) is 4.22. The van der Waals surface area contributed by atoms with Crippen molar-refractivity contribution >= 4 is 17.8 Å². The van der Waals surface area contributed by atoms with E-state index in [4.69, 9.17) is 10.3 Å². The highest BCUT2D eigenvalue weighted by Crippen LogP contribution is 2.20. The number of nitrogens with one attached hydrogen (secondary N) is 2. The van der Waals surface area contributed by atoms with Gasteiger partial charge in [0.05, 0.1) is 0 Å². The summed E-state index contributed by atoms with van der Waals surface area (Å²) in [6.07, 6.45) is 0.518. The normalized spacial score (nSPS) is 11.1. The molecule has 7 nitrogen and oxygen atoms in total. The molecule has 2 aromatic carbocycles. The van der Waals surface area contributed by atoms with Crippen molar-refractivity contribution in [2.75, 3.05) is 0 Å². The van der Waals surface area contributed by atoms with Gasteiger partial charge in [-0.25, -0.2) is 5.48 Å². The average molecular weight is 386 g/mol. The van der Waals surface area contributed by atoms with Gasteiger partial charge in [-0.05, 0) is 41.7 Å². The first kappa shape index (κ1) is 22.9. The number of carboxylic acids is 1. The van der Waals surface area contributed by atoms with Gasteiger partial charge in [0.1, 0.15) is 6.04 Å². The van der Waals surface area contributed by atoms with Gasteiger partial charge in [-0.2, -0.15) is 0 Å². The Morgan fingerprint density at radius 3 is 1.96 bits per heavy atom. The molecule has 2 amide bonds. The van der Waals surface area contributed by atoms with Crippen molar-refractivity contribution in [3.05, 3.63) is 59.7 Å². The van der Waals surface area contributed by atoms with Gasteiger partial charge in [0, 0.05) is 12.0 Å². The second kappa shape index (κ2) is 10.8. The molecule has 0 heterocycles. The van der Waals surface area contributed by atoms with Crippen molar-refractivity contribution < 1.29 is 24.7 Å². The topological polar surface area (TPSA) is 116 Å². The zero-order valence-electron chi connectivity index (χ0n) is 14.9. The van der Waals surface area contributed by atoms with Crippen LogP contribution in [0.5, 0.6) is 0 Å². The van der Waals surface area contributed by atoms with E-state index < -0.39 is 23.8 Å². The summed E-state index contributed by atoms with van der Waals surface area (Å²) in [4.78, 5) is 34.6. The number of aliphatic carboxylic acids is 1. The van der Waals surface area contributed by atoms with Crippen LogP contribution >= 0.6 is 0 Å². The molecule has 0 aliphatic heterocycles. The average Bonchev–Trinajstić information content (AvgIpc) is 2.70. The molecule has 7 heteroatoms. The molecular formula is C21H26N2O5. The van der Waals surface area contributed by atoms with Gasteiger partial charge in [0.15, 0.2) is 0 Å². The molecule has 0 aliphatic rings. The van der Waals surface area contributed by atoms with E-state index in [2.05, 4.69) is 24.4 Å². The third kappa shape index (κ3) is 6.21. The summed E-state index contributed by atoms with van der Waals surface area (Å²) < 4.78 is 0. The van der Waals surface area contributed by atoms with E-state index in [0.29, 0.717) is 5.56 Å². The van der Waals surface area contributed by atoms with Crippen molar-refractivity contribution in [3.63, 3.8) is 0 Å². The molecule has 0 radical (unpaired) electrons. The predicted molar refractivity (Wildman–Crippen MR) is 106 cm³/mol. The maximum absolute atomic E-state index is 12.3. The maximum Gasteiger partial charge on any atom is 0.303 e. The monoisotopic (exact) mass is 386 g/mol. The van der Waals surface area contributed by atoms with Gasteiger partial charge >= 0.3 is 5.97 Å². The van der Waals surface area contributed by atoms with Crippen LogP contribution in [0, 0.1) is 0 Å². The smallest absolute Gasteiger partial charge is 0.303 e. The van der Waals surface area contributed by atoms with Crippen LogP contribution in [0.2, 0.25) is 0 Å². The largest absolute Gasteiger partial charge is 0.481 e. The summed E-state index contributed by atoms with van der Waals surface area (Å²) in [6.45, 7) is 2.09. The molecule has 0 unspecified atom stereocenters. The van der Waals surface area contributed by atoms with Crippen LogP contribution in [0.25, 0.3) is 11.1 Å². The van der Waals surface area contributed by atoms with Crippen molar-refractivity contribution in [3.8, 4) is 11.1 Å². The lowest BCUT2D eigenvalue weighted by atomic mass is 10.0. The van der Waals surface area contributed by atoms with Crippen molar-refractivity contribution in [1.82, 2.24) is 10.8 Å². The van der Waals surface area contributed by atoms with Gasteiger partial charge in [-0.15, -0.1) is 0 Å². The number of hydroxylamine groups is 1. The minimum absolute atomic E-state index is 0. The Kier molecular flexibility index (Phi) is 8.84. The Bertz CT molecular complexity index is 801. The summed E-state index contributed by atoms with van der Waals surface area (Å²) in [7, 11) is 0. The lowest BCUT2D eigenvalue weighted by Crippen LogP contribution is -2.46. The molecule has 0 aromatic heterocycles. The predicted octanol–water partition coefficient (Wildman–Crippen LogP) is 3.02. The summed E-state index contributed by atoms with van der Waals surface area (Å²) in [5, 5.41) is 19.9. The SMILES string of the molecule is C.CCc1ccc(-c2ccc(C(=O)N[C@H](CCC(=O)O)C(=O)NO)cc2)cc1. The number of amides is 2. The molecule has 0 aliphatic carbocycles. The highest BCUT2D eigenvalue weighted by Gasteiger charge is 2.22. The Hall–Kier alpha value is -3.19. The van der Waals surface area contributed by atoms with Crippen molar-refractivity contribution in [1.29, 1.82) is 0 Å². The minimum Gasteiger partial charge on any atom is -0.481 e. The van der Waals surface area contributed by atoms with Gasteiger partial charge in [-0.1, -0.05) is 50.7 Å². The zero-order valence-corrected chi connectivity index (χ0v) is 14.9. The van der Waals surface area contributed by atoms with E-state index in [0.717, 1.165) is 17.5 Å². The molecule has 0 saturated carbocycles. The Balaban J connectivity index is 0.00000392. The number of hydrogen-bond donors (Lipinski definition) is 4. The van der Waals surface area contributed by atoms with Gasteiger partial charge in [-0.3, -0.25) is 19.6 Å². The van der Waals surface area contributed by atoms with E-state index in [-0.39, 0.29) is 20.3 Å². The Labute approximate surface area is 164 Å². The van der Waals surface area contributed by atoms with Crippen LogP contribution < -0.4 is 10.8 Å². The number of carbonyl (C=O) groups excluding carboxylic acids is 2. The molecule has 0 spiro atoms. The Morgan fingerprint density at radius 1 is 0.964 bits per heavy atom. The number of rotatable bonds is 8. The zero-order chi connectivity index (χ0) is 19.8. The van der Waals surface area contributed by atoms with Crippen LogP contribution in [0.3, 0.4) is 0 Å². The van der Waals surface area contributed by atoms with Crippen LogP contribution in [-0.4, -0.2) is 34.1 Å². The van der Waals surface area contributed by atoms with Crippen LogP contribution in [0.4, 0.5) is 0 Å². The molecule has 0 fully saturated rings. The minimum atomic E-state index is -1.14. The fraction of sp³-hybridized carbons (Fsp3) is 0.286. The molecule has 2 rings (SSSR count). The first-order valence-electron chi connectivity index (χ1n) is 8.60. The molecular weight excluding hydrogens is 360 g/mol. The second-order valence-electron chi connectivity index (χ2n) is 6.06. The quantitative estimate of drug-likeness (QED) is 0.411. The maximum atomic E-state index is 12.3. The molecule has 28 heavy (non-hydrogen) atoms. The molecule has 150 valence electrons. The summed E-state index contributed by atoms with van der Waals surface area (Å²) in [6, 6.07) is 13.9. The summed E-state index contributed by atoms with van der Waals surface area (Å²) >= 11 is 0. The number of carbonyl (C=O) groups is 3. The van der Waals surface area contributed by atoms with E-state index >= 15 is 0 Å².